The van der Waals surface area contributed by atoms with Gasteiger partial charge in [0.25, 0.3) is 0 Å². The van der Waals surface area contributed by atoms with E-state index in [0.29, 0.717) is 6.04 Å². The summed E-state index contributed by atoms with van der Waals surface area (Å²) in [7, 11) is 0. The molecule has 19 heavy (non-hydrogen) atoms. The Kier molecular flexibility index (Phi) is 3.90. The van der Waals surface area contributed by atoms with Crippen molar-refractivity contribution in [3.8, 4) is 0 Å². The highest BCUT2D eigenvalue weighted by atomic mass is 15.2. The van der Waals surface area contributed by atoms with Crippen molar-refractivity contribution in [3.63, 3.8) is 0 Å². The molecule has 0 spiro atoms. The molecular weight excluding hydrogens is 232 g/mol. The maximum atomic E-state index is 3.69. The van der Waals surface area contributed by atoms with E-state index in [9.17, 15) is 0 Å². The number of nitrogens with zero attached hydrogens (tertiary/aromatic N) is 1. The van der Waals surface area contributed by atoms with Gasteiger partial charge in [0.2, 0.25) is 0 Å². The highest BCUT2D eigenvalue weighted by Crippen LogP contribution is 2.31. The molecule has 2 heteroatoms. The number of rotatable bonds is 3. The molecule has 2 aliphatic rings. The maximum Gasteiger partial charge on any atom is 0.0320 e. The van der Waals surface area contributed by atoms with Gasteiger partial charge < -0.3 is 5.32 Å². The van der Waals surface area contributed by atoms with Crippen molar-refractivity contribution in [1.29, 1.82) is 0 Å². The van der Waals surface area contributed by atoms with E-state index in [1.165, 1.54) is 43.6 Å². The van der Waals surface area contributed by atoms with Gasteiger partial charge in [0.05, 0.1) is 0 Å². The SMILES string of the molecule is CCc1ccc(C(C)N2CC3CCCNC3C2)cc1. The van der Waals surface area contributed by atoms with Crippen LogP contribution in [0.5, 0.6) is 0 Å². The Morgan fingerprint density at radius 1 is 1.26 bits per heavy atom. The highest BCUT2D eigenvalue weighted by molar-refractivity contribution is 5.25. The van der Waals surface area contributed by atoms with E-state index >= 15 is 0 Å². The number of likely N-dealkylation sites (tertiary alicyclic amines) is 1. The van der Waals surface area contributed by atoms with Gasteiger partial charge in [-0.05, 0) is 49.8 Å². The first-order valence-corrected chi connectivity index (χ1v) is 7.84. The van der Waals surface area contributed by atoms with Crippen molar-refractivity contribution >= 4 is 0 Å². The Balaban J connectivity index is 1.68. The minimum Gasteiger partial charge on any atom is -0.312 e. The molecule has 1 aromatic rings. The lowest BCUT2D eigenvalue weighted by atomic mass is 9.94. The first kappa shape index (κ1) is 13.1. The number of hydrogen-bond acceptors (Lipinski definition) is 2. The molecular formula is C17H26N2. The van der Waals surface area contributed by atoms with Crippen LogP contribution in [-0.4, -0.2) is 30.6 Å². The van der Waals surface area contributed by atoms with Crippen LogP contribution in [0.3, 0.4) is 0 Å². The second kappa shape index (κ2) is 5.64. The monoisotopic (exact) mass is 258 g/mol. The Labute approximate surface area is 117 Å². The summed E-state index contributed by atoms with van der Waals surface area (Å²) in [4.78, 5) is 2.66. The van der Waals surface area contributed by atoms with Crippen molar-refractivity contribution in [2.45, 2.75) is 45.2 Å². The van der Waals surface area contributed by atoms with Crippen molar-refractivity contribution in [3.05, 3.63) is 35.4 Å². The van der Waals surface area contributed by atoms with Gasteiger partial charge in [-0.1, -0.05) is 31.2 Å². The standard InChI is InChI=1S/C17H26N2/c1-3-14-6-8-15(9-7-14)13(2)19-11-16-5-4-10-18-17(16)12-19/h6-9,13,16-18H,3-5,10-12H2,1-2H3. The molecule has 0 saturated carbocycles. The fraction of sp³-hybridized carbons (Fsp3) is 0.647. The van der Waals surface area contributed by atoms with Gasteiger partial charge in [0.15, 0.2) is 0 Å². The molecule has 3 rings (SSSR count). The highest BCUT2D eigenvalue weighted by Gasteiger charge is 2.36. The second-order valence-corrected chi connectivity index (χ2v) is 6.19. The van der Waals surface area contributed by atoms with Crippen molar-refractivity contribution in [2.75, 3.05) is 19.6 Å². The molecule has 0 aromatic heterocycles. The third kappa shape index (κ3) is 2.70. The molecule has 0 aliphatic carbocycles. The number of benzene rings is 1. The van der Waals surface area contributed by atoms with Crippen LogP contribution < -0.4 is 5.32 Å². The second-order valence-electron chi connectivity index (χ2n) is 6.19. The van der Waals surface area contributed by atoms with E-state index < -0.39 is 0 Å². The molecule has 3 atom stereocenters. The van der Waals surface area contributed by atoms with Crippen molar-refractivity contribution in [1.82, 2.24) is 10.2 Å². The molecule has 104 valence electrons. The predicted octanol–water partition coefficient (Wildman–Crippen LogP) is 2.99. The molecule has 2 saturated heterocycles. The van der Waals surface area contributed by atoms with Crippen LogP contribution in [0, 0.1) is 5.92 Å². The van der Waals surface area contributed by atoms with Gasteiger partial charge in [-0.15, -0.1) is 0 Å². The zero-order valence-electron chi connectivity index (χ0n) is 12.2. The van der Waals surface area contributed by atoms with Gasteiger partial charge >= 0.3 is 0 Å². The molecule has 0 radical (unpaired) electrons. The number of hydrogen-bond donors (Lipinski definition) is 1. The summed E-state index contributed by atoms with van der Waals surface area (Å²) in [5.41, 5.74) is 2.91. The van der Waals surface area contributed by atoms with Gasteiger partial charge in [-0.3, -0.25) is 4.90 Å². The Bertz CT molecular complexity index is 398. The van der Waals surface area contributed by atoms with Gasteiger partial charge in [0.1, 0.15) is 0 Å². The van der Waals surface area contributed by atoms with E-state index in [1.807, 2.05) is 0 Å². The summed E-state index contributed by atoms with van der Waals surface area (Å²) >= 11 is 0. The zero-order valence-corrected chi connectivity index (χ0v) is 12.2. The van der Waals surface area contributed by atoms with Crippen molar-refractivity contribution in [2.24, 2.45) is 5.92 Å². The van der Waals surface area contributed by atoms with Gasteiger partial charge in [0, 0.05) is 25.2 Å². The summed E-state index contributed by atoms with van der Waals surface area (Å²) in [6.45, 7) is 8.29. The summed E-state index contributed by atoms with van der Waals surface area (Å²) in [5.74, 6) is 0.881. The largest absolute Gasteiger partial charge is 0.312 e. The molecule has 2 aliphatic heterocycles. The first-order chi connectivity index (χ1) is 9.28. The average molecular weight is 258 g/mol. The maximum absolute atomic E-state index is 3.69. The lowest BCUT2D eigenvalue weighted by Crippen LogP contribution is -2.40. The number of aryl methyl sites for hydroxylation is 1. The summed E-state index contributed by atoms with van der Waals surface area (Å²) in [6.07, 6.45) is 3.90. The fourth-order valence-electron chi connectivity index (χ4n) is 3.64. The smallest absolute Gasteiger partial charge is 0.0320 e. The normalized spacial score (nSPS) is 29.2. The van der Waals surface area contributed by atoms with Gasteiger partial charge in [-0.2, -0.15) is 0 Å². The van der Waals surface area contributed by atoms with Crippen LogP contribution in [0.25, 0.3) is 0 Å². The topological polar surface area (TPSA) is 15.3 Å². The predicted molar refractivity (Wildman–Crippen MR) is 80.3 cm³/mol. The van der Waals surface area contributed by atoms with E-state index in [4.69, 9.17) is 0 Å². The summed E-state index contributed by atoms with van der Waals surface area (Å²) < 4.78 is 0. The van der Waals surface area contributed by atoms with Gasteiger partial charge in [-0.25, -0.2) is 0 Å². The van der Waals surface area contributed by atoms with E-state index in [2.05, 4.69) is 48.3 Å². The summed E-state index contributed by atoms with van der Waals surface area (Å²) in [6, 6.07) is 10.5. The molecule has 1 aromatic carbocycles. The molecule has 1 N–H and O–H groups in total. The van der Waals surface area contributed by atoms with Crippen molar-refractivity contribution < 1.29 is 0 Å². The number of piperidine rings is 1. The minimum absolute atomic E-state index is 0.554. The Morgan fingerprint density at radius 3 is 2.74 bits per heavy atom. The van der Waals surface area contributed by atoms with Crippen LogP contribution in [-0.2, 0) is 6.42 Å². The van der Waals surface area contributed by atoms with E-state index in [0.717, 1.165) is 18.4 Å². The molecule has 0 amide bonds. The van der Waals surface area contributed by atoms with E-state index in [1.54, 1.807) is 0 Å². The average Bonchev–Trinajstić information content (AvgIpc) is 2.90. The van der Waals surface area contributed by atoms with E-state index in [-0.39, 0.29) is 0 Å². The molecule has 0 bridgehead atoms. The van der Waals surface area contributed by atoms with Crippen LogP contribution in [0.2, 0.25) is 0 Å². The lowest BCUT2D eigenvalue weighted by molar-refractivity contribution is 0.251. The molecule has 3 unspecified atom stereocenters. The Hall–Kier alpha value is -0.860. The third-order valence-electron chi connectivity index (χ3n) is 5.05. The van der Waals surface area contributed by atoms with Crippen LogP contribution >= 0.6 is 0 Å². The Morgan fingerprint density at radius 2 is 2.05 bits per heavy atom. The molecule has 2 heterocycles. The zero-order chi connectivity index (χ0) is 13.2. The summed E-state index contributed by atoms with van der Waals surface area (Å²) in [5, 5.41) is 3.69. The van der Waals surface area contributed by atoms with Crippen LogP contribution in [0.1, 0.15) is 43.9 Å². The first-order valence-electron chi connectivity index (χ1n) is 7.84. The van der Waals surface area contributed by atoms with Crippen LogP contribution in [0.4, 0.5) is 0 Å². The molecule has 2 fully saturated rings. The fourth-order valence-corrected chi connectivity index (χ4v) is 3.64. The minimum atomic E-state index is 0.554. The van der Waals surface area contributed by atoms with Crippen LogP contribution in [0.15, 0.2) is 24.3 Å². The number of fused-ring (bicyclic) bond motifs is 1. The third-order valence-corrected chi connectivity index (χ3v) is 5.05. The lowest BCUT2D eigenvalue weighted by Gasteiger charge is -2.25. The number of nitrogens with one attached hydrogen (secondary N) is 1. The quantitative estimate of drug-likeness (QED) is 0.896. The molecule has 2 nitrogen and oxygen atoms in total.